The monoisotopic (exact) mass is 317 g/mol. The van der Waals surface area contributed by atoms with E-state index in [4.69, 9.17) is 9.47 Å². The molecule has 4 nitrogen and oxygen atoms in total. The van der Waals surface area contributed by atoms with Gasteiger partial charge in [-0.3, -0.25) is 9.69 Å². The van der Waals surface area contributed by atoms with Crippen LogP contribution in [0.25, 0.3) is 0 Å². The van der Waals surface area contributed by atoms with E-state index in [1.165, 1.54) is 12.0 Å². The fourth-order valence-electron chi connectivity index (χ4n) is 4.29. The highest BCUT2D eigenvalue weighted by Gasteiger charge is 2.49. The van der Waals surface area contributed by atoms with Crippen LogP contribution in [0.2, 0.25) is 0 Å². The summed E-state index contributed by atoms with van der Waals surface area (Å²) in [6, 6.07) is 9.05. The molecule has 0 spiro atoms. The fraction of sp³-hybridized carbons (Fsp3) is 0.632. The van der Waals surface area contributed by atoms with Crippen molar-refractivity contribution in [2.45, 2.75) is 57.2 Å². The van der Waals surface area contributed by atoms with E-state index in [1.54, 1.807) is 7.11 Å². The lowest BCUT2D eigenvalue weighted by molar-refractivity contribution is -0.157. The van der Waals surface area contributed by atoms with E-state index < -0.39 is 0 Å². The van der Waals surface area contributed by atoms with Gasteiger partial charge in [0.05, 0.1) is 19.1 Å². The first-order valence-corrected chi connectivity index (χ1v) is 8.57. The molecule has 4 atom stereocenters. The number of benzene rings is 1. The molecule has 2 aliphatic rings. The Morgan fingerprint density at radius 2 is 1.91 bits per heavy atom. The maximum Gasteiger partial charge on any atom is 0.311 e. The number of hydrogen-bond donors (Lipinski definition) is 0. The molecule has 0 unspecified atom stereocenters. The first-order chi connectivity index (χ1) is 11.0. The van der Waals surface area contributed by atoms with Crippen LogP contribution in [0.4, 0.5) is 0 Å². The number of methoxy groups -OCH3 is 1. The molecule has 0 N–H and O–H groups in total. The second kappa shape index (κ2) is 6.52. The molecule has 0 saturated carbocycles. The Hall–Kier alpha value is -1.55. The number of carbonyl (C=O) groups excluding carboxylic acids is 1. The van der Waals surface area contributed by atoms with Crippen LogP contribution in [0.15, 0.2) is 24.3 Å². The number of hydrogen-bond acceptors (Lipinski definition) is 4. The van der Waals surface area contributed by atoms with Crippen LogP contribution in [0.5, 0.6) is 5.75 Å². The molecule has 0 amide bonds. The van der Waals surface area contributed by atoms with Crippen LogP contribution in [-0.2, 0) is 9.53 Å². The zero-order chi connectivity index (χ0) is 16.6. The van der Waals surface area contributed by atoms with Crippen molar-refractivity contribution in [3.63, 3.8) is 0 Å². The van der Waals surface area contributed by atoms with Crippen molar-refractivity contribution < 1.29 is 14.3 Å². The van der Waals surface area contributed by atoms with Crippen LogP contribution >= 0.6 is 0 Å². The van der Waals surface area contributed by atoms with E-state index in [0.29, 0.717) is 12.1 Å². The standard InChI is InChI=1S/C19H27NO3/c1-12(2)23-19(21)18-16(11-14-7-10-17(18)20(14)3)13-5-8-15(22-4)9-6-13/h5-6,8-9,12,14,16-18H,7,10-11H2,1-4H3/t14-,16+,17+,18-/m0/s1. The molecule has 0 aliphatic carbocycles. The molecule has 126 valence electrons. The third kappa shape index (κ3) is 3.09. The summed E-state index contributed by atoms with van der Waals surface area (Å²) in [6.45, 7) is 3.84. The van der Waals surface area contributed by atoms with Crippen molar-refractivity contribution in [3.05, 3.63) is 29.8 Å². The Morgan fingerprint density at radius 1 is 1.22 bits per heavy atom. The smallest absolute Gasteiger partial charge is 0.311 e. The number of nitrogens with zero attached hydrogens (tertiary/aromatic N) is 1. The molecule has 2 aliphatic heterocycles. The maximum atomic E-state index is 12.8. The molecule has 23 heavy (non-hydrogen) atoms. The Kier molecular flexibility index (Phi) is 4.62. The summed E-state index contributed by atoms with van der Waals surface area (Å²) in [7, 11) is 3.83. The van der Waals surface area contributed by atoms with Crippen LogP contribution in [0, 0.1) is 5.92 Å². The molecule has 2 fully saturated rings. The minimum absolute atomic E-state index is 0.0435. The largest absolute Gasteiger partial charge is 0.497 e. The summed E-state index contributed by atoms with van der Waals surface area (Å²) < 4.78 is 10.9. The Morgan fingerprint density at radius 3 is 2.52 bits per heavy atom. The van der Waals surface area contributed by atoms with Crippen molar-refractivity contribution in [2.24, 2.45) is 5.92 Å². The van der Waals surface area contributed by atoms with Gasteiger partial charge >= 0.3 is 5.97 Å². The molecule has 1 aromatic carbocycles. The van der Waals surface area contributed by atoms with Crippen LogP contribution in [0.1, 0.15) is 44.6 Å². The summed E-state index contributed by atoms with van der Waals surface area (Å²) in [5.74, 6) is 0.972. The average Bonchev–Trinajstić information content (AvgIpc) is 2.77. The average molecular weight is 317 g/mol. The Bertz CT molecular complexity index is 554. The van der Waals surface area contributed by atoms with Gasteiger partial charge in [-0.25, -0.2) is 0 Å². The topological polar surface area (TPSA) is 38.8 Å². The molecule has 0 radical (unpaired) electrons. The number of fused-ring (bicyclic) bond motifs is 2. The molecule has 2 saturated heterocycles. The van der Waals surface area contributed by atoms with E-state index in [1.807, 2.05) is 26.0 Å². The minimum atomic E-state index is -0.0745. The van der Waals surface area contributed by atoms with Crippen molar-refractivity contribution in [2.75, 3.05) is 14.2 Å². The second-order valence-corrected chi connectivity index (χ2v) is 7.09. The van der Waals surface area contributed by atoms with Gasteiger partial charge < -0.3 is 9.47 Å². The second-order valence-electron chi connectivity index (χ2n) is 7.09. The van der Waals surface area contributed by atoms with Gasteiger partial charge in [0.2, 0.25) is 0 Å². The minimum Gasteiger partial charge on any atom is -0.497 e. The van der Waals surface area contributed by atoms with Gasteiger partial charge in [0.25, 0.3) is 0 Å². The van der Waals surface area contributed by atoms with Gasteiger partial charge in [-0.05, 0) is 57.9 Å². The summed E-state index contributed by atoms with van der Waals surface area (Å²) in [5.41, 5.74) is 1.22. The predicted molar refractivity (Wildman–Crippen MR) is 89.6 cm³/mol. The Labute approximate surface area is 138 Å². The lowest BCUT2D eigenvalue weighted by Gasteiger charge is -2.42. The zero-order valence-electron chi connectivity index (χ0n) is 14.5. The zero-order valence-corrected chi connectivity index (χ0v) is 14.5. The molecule has 3 rings (SSSR count). The molecule has 2 heterocycles. The van der Waals surface area contributed by atoms with Gasteiger partial charge in [0.1, 0.15) is 5.75 Å². The van der Waals surface area contributed by atoms with Crippen molar-refractivity contribution in [3.8, 4) is 5.75 Å². The van der Waals surface area contributed by atoms with Gasteiger partial charge in [-0.1, -0.05) is 12.1 Å². The SMILES string of the molecule is COc1ccc([C@H]2C[C@@H]3CC[C@H]([C@H]2C(=O)OC(C)C)N3C)cc1. The summed E-state index contributed by atoms with van der Waals surface area (Å²) in [5, 5.41) is 0. The molecule has 1 aromatic rings. The third-order valence-electron chi connectivity index (χ3n) is 5.44. The van der Waals surface area contributed by atoms with Crippen molar-refractivity contribution in [1.82, 2.24) is 4.90 Å². The van der Waals surface area contributed by atoms with E-state index in [9.17, 15) is 4.79 Å². The quantitative estimate of drug-likeness (QED) is 0.799. The maximum absolute atomic E-state index is 12.8. The van der Waals surface area contributed by atoms with Gasteiger partial charge in [0, 0.05) is 18.0 Å². The first-order valence-electron chi connectivity index (χ1n) is 8.57. The molecule has 4 heteroatoms. The number of esters is 1. The van der Waals surface area contributed by atoms with E-state index in [-0.39, 0.29) is 23.9 Å². The van der Waals surface area contributed by atoms with Crippen molar-refractivity contribution in [1.29, 1.82) is 0 Å². The van der Waals surface area contributed by atoms with Crippen LogP contribution in [-0.4, -0.2) is 43.2 Å². The highest BCUT2D eigenvalue weighted by molar-refractivity contribution is 5.75. The van der Waals surface area contributed by atoms with Crippen molar-refractivity contribution >= 4 is 5.97 Å². The van der Waals surface area contributed by atoms with E-state index in [2.05, 4.69) is 24.1 Å². The highest BCUT2D eigenvalue weighted by Crippen LogP contribution is 2.46. The number of ether oxygens (including phenoxy) is 2. The summed E-state index contributed by atoms with van der Waals surface area (Å²) in [6.07, 6.45) is 3.23. The van der Waals surface area contributed by atoms with Crippen LogP contribution in [0.3, 0.4) is 0 Å². The molecular weight excluding hydrogens is 290 g/mol. The van der Waals surface area contributed by atoms with Crippen LogP contribution < -0.4 is 4.74 Å². The van der Waals surface area contributed by atoms with Gasteiger partial charge in [-0.2, -0.15) is 0 Å². The van der Waals surface area contributed by atoms with E-state index in [0.717, 1.165) is 18.6 Å². The highest BCUT2D eigenvalue weighted by atomic mass is 16.5. The fourth-order valence-corrected chi connectivity index (χ4v) is 4.29. The molecule has 0 aromatic heterocycles. The van der Waals surface area contributed by atoms with E-state index >= 15 is 0 Å². The third-order valence-corrected chi connectivity index (χ3v) is 5.44. The summed E-state index contributed by atoms with van der Waals surface area (Å²) in [4.78, 5) is 15.2. The first kappa shape index (κ1) is 16.3. The molecule has 2 bridgehead atoms. The van der Waals surface area contributed by atoms with Gasteiger partial charge in [0.15, 0.2) is 0 Å². The summed E-state index contributed by atoms with van der Waals surface area (Å²) >= 11 is 0. The lowest BCUT2D eigenvalue weighted by atomic mass is 9.76. The Balaban J connectivity index is 1.90. The number of piperidine rings is 1. The lowest BCUT2D eigenvalue weighted by Crippen LogP contribution is -2.49. The normalized spacial score (nSPS) is 30.5. The number of rotatable bonds is 4. The number of carbonyl (C=O) groups is 1. The molecular formula is C19H27NO3. The predicted octanol–water partition coefficient (Wildman–Crippen LogP) is 3.21. The van der Waals surface area contributed by atoms with Gasteiger partial charge in [-0.15, -0.1) is 0 Å².